The summed E-state index contributed by atoms with van der Waals surface area (Å²) in [6.07, 6.45) is 4.98. The molecule has 2 fully saturated rings. The molecule has 78 valence electrons. The van der Waals surface area contributed by atoms with Gasteiger partial charge in [0.1, 0.15) is 6.10 Å². The Balaban J connectivity index is 2.00. The van der Waals surface area contributed by atoms with Crippen LogP contribution in [0.4, 0.5) is 0 Å². The van der Waals surface area contributed by atoms with E-state index in [9.17, 15) is 4.79 Å². The van der Waals surface area contributed by atoms with E-state index in [0.29, 0.717) is 5.57 Å². The Morgan fingerprint density at radius 1 is 1.57 bits per heavy atom. The maximum absolute atomic E-state index is 11.4. The first-order chi connectivity index (χ1) is 6.51. The monoisotopic (exact) mass is 194 g/mol. The molecule has 0 aliphatic heterocycles. The van der Waals surface area contributed by atoms with Crippen LogP contribution in [-0.4, -0.2) is 12.1 Å². The van der Waals surface area contributed by atoms with Crippen molar-refractivity contribution in [1.82, 2.24) is 0 Å². The van der Waals surface area contributed by atoms with Crippen LogP contribution < -0.4 is 0 Å². The van der Waals surface area contributed by atoms with Crippen molar-refractivity contribution in [3.63, 3.8) is 0 Å². The van der Waals surface area contributed by atoms with Gasteiger partial charge in [-0.2, -0.15) is 0 Å². The molecule has 2 rings (SSSR count). The number of rotatable bonds is 2. The minimum absolute atomic E-state index is 0.144. The van der Waals surface area contributed by atoms with Gasteiger partial charge < -0.3 is 4.74 Å². The van der Waals surface area contributed by atoms with E-state index in [-0.39, 0.29) is 17.5 Å². The van der Waals surface area contributed by atoms with Crippen LogP contribution in [0.1, 0.15) is 39.5 Å². The van der Waals surface area contributed by atoms with Crippen LogP contribution >= 0.6 is 0 Å². The highest BCUT2D eigenvalue weighted by molar-refractivity contribution is 5.87. The number of ether oxygens (including phenoxy) is 1. The van der Waals surface area contributed by atoms with Gasteiger partial charge in [-0.3, -0.25) is 0 Å². The van der Waals surface area contributed by atoms with Crippen LogP contribution in [0.25, 0.3) is 0 Å². The molecule has 2 heteroatoms. The van der Waals surface area contributed by atoms with Gasteiger partial charge in [0.05, 0.1) is 0 Å². The molecule has 0 amide bonds. The maximum atomic E-state index is 11.4. The molecule has 0 aromatic heterocycles. The average Bonchev–Trinajstić information content (AvgIpc) is 2.59. The van der Waals surface area contributed by atoms with Crippen LogP contribution in [0.2, 0.25) is 0 Å². The molecule has 0 heterocycles. The summed E-state index contributed by atoms with van der Waals surface area (Å²) in [7, 11) is 0. The first-order valence-corrected chi connectivity index (χ1v) is 5.38. The fraction of sp³-hybridized carbons (Fsp3) is 0.750. The highest BCUT2D eigenvalue weighted by Crippen LogP contribution is 2.55. The number of carbonyl (C=O) groups excluding carboxylic acids is 1. The molecule has 14 heavy (non-hydrogen) atoms. The summed E-state index contributed by atoms with van der Waals surface area (Å²) in [4.78, 5) is 11.4. The van der Waals surface area contributed by atoms with Gasteiger partial charge in [0.25, 0.3) is 0 Å². The van der Waals surface area contributed by atoms with Gasteiger partial charge in [0, 0.05) is 11.0 Å². The second kappa shape index (κ2) is 3.11. The van der Waals surface area contributed by atoms with Gasteiger partial charge in [0.2, 0.25) is 0 Å². The van der Waals surface area contributed by atoms with E-state index in [1.807, 2.05) is 0 Å². The molecular weight excluding hydrogens is 176 g/mol. The van der Waals surface area contributed by atoms with Crippen molar-refractivity contribution >= 4 is 5.97 Å². The van der Waals surface area contributed by atoms with E-state index >= 15 is 0 Å². The van der Waals surface area contributed by atoms with Crippen LogP contribution in [-0.2, 0) is 9.53 Å². The molecule has 0 radical (unpaired) electrons. The SMILES string of the molecule is C=C(C)C(=O)OC1CC2CCC1(C)C2. The fourth-order valence-electron chi connectivity index (χ4n) is 2.90. The molecule has 2 nitrogen and oxygen atoms in total. The Kier molecular flexibility index (Phi) is 2.17. The van der Waals surface area contributed by atoms with Crippen molar-refractivity contribution in [2.24, 2.45) is 11.3 Å². The molecule has 0 N–H and O–H groups in total. The zero-order valence-electron chi connectivity index (χ0n) is 9.01. The summed E-state index contributed by atoms with van der Waals surface area (Å²) in [6.45, 7) is 7.56. The van der Waals surface area contributed by atoms with Gasteiger partial charge in [-0.1, -0.05) is 13.5 Å². The Morgan fingerprint density at radius 2 is 2.29 bits per heavy atom. The van der Waals surface area contributed by atoms with Gasteiger partial charge in [-0.15, -0.1) is 0 Å². The zero-order chi connectivity index (χ0) is 10.3. The molecule has 0 spiro atoms. The van der Waals surface area contributed by atoms with E-state index in [4.69, 9.17) is 4.74 Å². The number of carbonyl (C=O) groups is 1. The van der Waals surface area contributed by atoms with Gasteiger partial charge in [-0.25, -0.2) is 4.79 Å². The van der Waals surface area contributed by atoms with Gasteiger partial charge >= 0.3 is 5.97 Å². The molecule has 2 bridgehead atoms. The standard InChI is InChI=1S/C12H18O2/c1-8(2)11(13)14-10-6-9-4-5-12(10,3)7-9/h9-10H,1,4-7H2,2-3H3. The first-order valence-electron chi connectivity index (χ1n) is 5.38. The molecular formula is C12H18O2. The number of esters is 1. The van der Waals surface area contributed by atoms with Crippen molar-refractivity contribution in [3.8, 4) is 0 Å². The lowest BCUT2D eigenvalue weighted by molar-refractivity contribution is -0.150. The van der Waals surface area contributed by atoms with E-state index in [0.717, 1.165) is 12.3 Å². The molecule has 0 aromatic carbocycles. The largest absolute Gasteiger partial charge is 0.458 e. The Bertz CT molecular complexity index is 282. The van der Waals surface area contributed by atoms with E-state index in [1.54, 1.807) is 6.92 Å². The first kappa shape index (κ1) is 9.75. The molecule has 2 aliphatic rings. The lowest BCUT2D eigenvalue weighted by Crippen LogP contribution is -2.32. The molecule has 3 unspecified atom stereocenters. The van der Waals surface area contributed by atoms with Crippen LogP contribution in [0, 0.1) is 11.3 Å². The third-order valence-corrected chi connectivity index (χ3v) is 3.80. The van der Waals surface area contributed by atoms with Gasteiger partial charge in [0.15, 0.2) is 0 Å². The molecule has 2 aliphatic carbocycles. The number of hydrogen-bond acceptors (Lipinski definition) is 2. The summed E-state index contributed by atoms with van der Waals surface area (Å²) in [5, 5.41) is 0. The Hall–Kier alpha value is -0.790. The van der Waals surface area contributed by atoms with Crippen molar-refractivity contribution in [2.45, 2.75) is 45.6 Å². The van der Waals surface area contributed by atoms with Crippen molar-refractivity contribution in [1.29, 1.82) is 0 Å². The van der Waals surface area contributed by atoms with Crippen molar-refractivity contribution in [3.05, 3.63) is 12.2 Å². The predicted molar refractivity (Wildman–Crippen MR) is 54.8 cm³/mol. The molecule has 0 saturated heterocycles. The van der Waals surface area contributed by atoms with Crippen molar-refractivity contribution in [2.75, 3.05) is 0 Å². The number of fused-ring (bicyclic) bond motifs is 2. The lowest BCUT2D eigenvalue weighted by Gasteiger charge is -2.30. The summed E-state index contributed by atoms with van der Waals surface area (Å²) in [5.41, 5.74) is 0.770. The minimum Gasteiger partial charge on any atom is -0.458 e. The molecule has 3 atom stereocenters. The fourth-order valence-corrected chi connectivity index (χ4v) is 2.90. The van der Waals surface area contributed by atoms with Crippen LogP contribution in [0.15, 0.2) is 12.2 Å². The topological polar surface area (TPSA) is 26.3 Å². The Labute approximate surface area is 85.3 Å². The molecule has 0 aromatic rings. The second-order valence-electron chi connectivity index (χ2n) is 5.17. The third-order valence-electron chi connectivity index (χ3n) is 3.80. The number of hydrogen-bond donors (Lipinski definition) is 0. The van der Waals surface area contributed by atoms with E-state index in [2.05, 4.69) is 13.5 Å². The maximum Gasteiger partial charge on any atom is 0.333 e. The van der Waals surface area contributed by atoms with E-state index < -0.39 is 0 Å². The molecule has 2 saturated carbocycles. The minimum atomic E-state index is -0.219. The van der Waals surface area contributed by atoms with Crippen LogP contribution in [0.5, 0.6) is 0 Å². The summed E-state index contributed by atoms with van der Waals surface area (Å²) in [5.74, 6) is 0.576. The Morgan fingerprint density at radius 3 is 2.71 bits per heavy atom. The lowest BCUT2D eigenvalue weighted by atomic mass is 9.84. The predicted octanol–water partition coefficient (Wildman–Crippen LogP) is 2.68. The smallest absolute Gasteiger partial charge is 0.333 e. The highest BCUT2D eigenvalue weighted by Gasteiger charge is 2.50. The summed E-state index contributed by atoms with van der Waals surface area (Å²) >= 11 is 0. The highest BCUT2D eigenvalue weighted by atomic mass is 16.5. The zero-order valence-corrected chi connectivity index (χ0v) is 9.01. The quantitative estimate of drug-likeness (QED) is 0.499. The summed E-state index contributed by atoms with van der Waals surface area (Å²) in [6, 6.07) is 0. The van der Waals surface area contributed by atoms with Gasteiger partial charge in [-0.05, 0) is 38.5 Å². The average molecular weight is 194 g/mol. The van der Waals surface area contributed by atoms with E-state index in [1.165, 1.54) is 19.3 Å². The van der Waals surface area contributed by atoms with Crippen molar-refractivity contribution < 1.29 is 9.53 Å². The third kappa shape index (κ3) is 1.47. The van der Waals surface area contributed by atoms with Crippen LogP contribution in [0.3, 0.4) is 0 Å². The normalized spacial score (nSPS) is 39.9. The second-order valence-corrected chi connectivity index (χ2v) is 5.17. The summed E-state index contributed by atoms with van der Waals surface area (Å²) < 4.78 is 5.47.